The summed E-state index contributed by atoms with van der Waals surface area (Å²) in [6.07, 6.45) is 5.72. The first-order valence-corrected chi connectivity index (χ1v) is 10.4. The van der Waals surface area contributed by atoms with Gasteiger partial charge >= 0.3 is 0 Å². The molecule has 0 radical (unpaired) electrons. The highest BCUT2D eigenvalue weighted by molar-refractivity contribution is 7.18. The molecule has 4 rings (SSSR count). The lowest BCUT2D eigenvalue weighted by Crippen LogP contribution is -2.34. The lowest BCUT2D eigenvalue weighted by atomic mass is 9.89. The number of rotatable bonds is 4. The van der Waals surface area contributed by atoms with Crippen LogP contribution >= 0.6 is 11.3 Å². The molecule has 0 saturated heterocycles. The van der Waals surface area contributed by atoms with Gasteiger partial charge in [-0.2, -0.15) is 5.10 Å². The van der Waals surface area contributed by atoms with Crippen LogP contribution in [0, 0.1) is 5.92 Å². The second-order valence-corrected chi connectivity index (χ2v) is 8.54. The van der Waals surface area contributed by atoms with Crippen molar-refractivity contribution in [3.05, 3.63) is 57.0 Å². The molecule has 1 aromatic carbocycles. The van der Waals surface area contributed by atoms with Gasteiger partial charge in [-0.05, 0) is 49.8 Å². The molecule has 1 aliphatic carbocycles. The maximum Gasteiger partial charge on any atom is 0.263 e. The molecule has 3 aromatic rings. The van der Waals surface area contributed by atoms with Gasteiger partial charge in [0.1, 0.15) is 16.6 Å². The number of amides is 1. The van der Waals surface area contributed by atoms with Crippen molar-refractivity contribution in [3.63, 3.8) is 0 Å². The monoisotopic (exact) mass is 410 g/mol. The molecular formula is C21H22N4O3S. The first-order chi connectivity index (χ1) is 14.0. The number of benzene rings is 1. The molecule has 7 nitrogen and oxygen atoms in total. The third-order valence-electron chi connectivity index (χ3n) is 5.35. The van der Waals surface area contributed by atoms with E-state index in [4.69, 9.17) is 0 Å². The quantitative estimate of drug-likeness (QED) is 0.510. The number of hydrogen-bond acceptors (Lipinski definition) is 6. The van der Waals surface area contributed by atoms with Crippen LogP contribution in [0.2, 0.25) is 0 Å². The summed E-state index contributed by atoms with van der Waals surface area (Å²) in [7, 11) is 0. The molecule has 2 N–H and O–H groups in total. The summed E-state index contributed by atoms with van der Waals surface area (Å²) in [5, 5.41) is 14.3. The third-order valence-corrected chi connectivity index (χ3v) is 6.52. The molecule has 1 aliphatic rings. The first kappa shape index (κ1) is 19.3. The molecule has 0 bridgehead atoms. The van der Waals surface area contributed by atoms with E-state index < -0.39 is 11.9 Å². The van der Waals surface area contributed by atoms with Crippen molar-refractivity contribution in [3.8, 4) is 5.75 Å². The SMILES string of the molecule is C[C@H]1CCc2c(sc3ncn([C@H](C)C(=O)N/N=C/c4ccccc4O)c(=O)c23)C1. The number of hydrogen-bond donors (Lipinski definition) is 2. The van der Waals surface area contributed by atoms with E-state index in [0.717, 1.165) is 29.7 Å². The largest absolute Gasteiger partial charge is 0.507 e. The summed E-state index contributed by atoms with van der Waals surface area (Å²) in [4.78, 5) is 32.0. The van der Waals surface area contributed by atoms with Crippen LogP contribution in [-0.2, 0) is 17.6 Å². The van der Waals surface area contributed by atoms with Crippen molar-refractivity contribution in [2.24, 2.45) is 11.0 Å². The zero-order valence-corrected chi connectivity index (χ0v) is 17.1. The number of hydrazone groups is 1. The van der Waals surface area contributed by atoms with Crippen LogP contribution in [0.5, 0.6) is 5.75 Å². The number of phenols is 1. The van der Waals surface area contributed by atoms with Crippen molar-refractivity contribution in [1.29, 1.82) is 0 Å². The summed E-state index contributed by atoms with van der Waals surface area (Å²) in [6, 6.07) is 5.91. The number of phenolic OH excluding ortho intramolecular Hbond substituents is 1. The molecule has 0 saturated carbocycles. The Hall–Kier alpha value is -3.00. The molecule has 150 valence electrons. The van der Waals surface area contributed by atoms with Gasteiger partial charge in [-0.15, -0.1) is 11.3 Å². The zero-order chi connectivity index (χ0) is 20.5. The van der Waals surface area contributed by atoms with Crippen molar-refractivity contribution >= 4 is 33.7 Å². The Morgan fingerprint density at radius 1 is 1.45 bits per heavy atom. The lowest BCUT2D eigenvalue weighted by Gasteiger charge is -2.18. The van der Waals surface area contributed by atoms with Gasteiger partial charge in [0.25, 0.3) is 11.5 Å². The molecule has 1 amide bonds. The lowest BCUT2D eigenvalue weighted by molar-refractivity contribution is -0.123. The fraction of sp³-hybridized carbons (Fsp3) is 0.333. The smallest absolute Gasteiger partial charge is 0.263 e. The minimum atomic E-state index is -0.765. The first-order valence-electron chi connectivity index (χ1n) is 9.58. The standard InChI is InChI=1S/C21H22N4O3S/c1-12-7-8-15-17(9-12)29-20-18(15)21(28)25(11-22-20)13(2)19(27)24-23-10-14-5-3-4-6-16(14)26/h3-6,10-13,26H,7-9H2,1-2H3,(H,24,27)/b23-10+/t12-,13+/m0/s1. The van der Waals surface area contributed by atoms with E-state index in [1.54, 1.807) is 36.5 Å². The predicted octanol–water partition coefficient (Wildman–Crippen LogP) is 3.00. The molecular weight excluding hydrogens is 388 g/mol. The number of aromatic nitrogens is 2. The Bertz CT molecular complexity index is 1160. The van der Waals surface area contributed by atoms with E-state index in [0.29, 0.717) is 16.9 Å². The van der Waals surface area contributed by atoms with Crippen molar-refractivity contribution < 1.29 is 9.90 Å². The Morgan fingerprint density at radius 3 is 3.03 bits per heavy atom. The van der Waals surface area contributed by atoms with Gasteiger partial charge in [-0.25, -0.2) is 10.4 Å². The van der Waals surface area contributed by atoms with E-state index in [1.165, 1.54) is 28.1 Å². The molecule has 0 unspecified atom stereocenters. The fourth-order valence-electron chi connectivity index (χ4n) is 3.60. The molecule has 0 aliphatic heterocycles. The van der Waals surface area contributed by atoms with Crippen LogP contribution < -0.4 is 11.0 Å². The Morgan fingerprint density at radius 2 is 2.24 bits per heavy atom. The van der Waals surface area contributed by atoms with Crippen LogP contribution in [0.3, 0.4) is 0 Å². The van der Waals surface area contributed by atoms with Gasteiger partial charge in [0.05, 0.1) is 17.9 Å². The van der Waals surface area contributed by atoms with Crippen LogP contribution in [0.1, 0.15) is 42.3 Å². The number of carbonyl (C=O) groups excluding carboxylic acids is 1. The molecule has 8 heteroatoms. The second kappa shape index (κ2) is 7.79. The number of nitrogens with one attached hydrogen (secondary N) is 1. The molecule has 2 atom stereocenters. The van der Waals surface area contributed by atoms with E-state index in [2.05, 4.69) is 22.4 Å². The van der Waals surface area contributed by atoms with Gasteiger partial charge in [-0.3, -0.25) is 14.2 Å². The van der Waals surface area contributed by atoms with Gasteiger partial charge in [0.2, 0.25) is 0 Å². The van der Waals surface area contributed by atoms with Crippen molar-refractivity contribution in [2.75, 3.05) is 0 Å². The van der Waals surface area contributed by atoms with E-state index in [-0.39, 0.29) is 11.3 Å². The maximum atomic E-state index is 13.1. The fourth-order valence-corrected chi connectivity index (χ4v) is 4.94. The van der Waals surface area contributed by atoms with E-state index >= 15 is 0 Å². The summed E-state index contributed by atoms with van der Waals surface area (Å²) >= 11 is 1.59. The Labute approximate surface area is 171 Å². The average Bonchev–Trinajstić information content (AvgIpc) is 3.07. The highest BCUT2D eigenvalue weighted by Gasteiger charge is 2.25. The molecule has 29 heavy (non-hydrogen) atoms. The highest BCUT2D eigenvalue weighted by Crippen LogP contribution is 2.35. The number of fused-ring (bicyclic) bond motifs is 3. The van der Waals surface area contributed by atoms with Gasteiger partial charge in [0.15, 0.2) is 0 Å². The maximum absolute atomic E-state index is 13.1. The number of para-hydroxylation sites is 1. The van der Waals surface area contributed by atoms with Gasteiger partial charge in [0, 0.05) is 10.4 Å². The number of aryl methyl sites for hydroxylation is 1. The normalized spacial score (nSPS) is 17.4. The average molecular weight is 410 g/mol. The summed E-state index contributed by atoms with van der Waals surface area (Å²) in [6.45, 7) is 3.86. The third kappa shape index (κ3) is 3.67. The van der Waals surface area contributed by atoms with Crippen molar-refractivity contribution in [1.82, 2.24) is 15.0 Å². The van der Waals surface area contributed by atoms with Crippen LogP contribution in [0.15, 0.2) is 40.5 Å². The number of nitrogens with zero attached hydrogens (tertiary/aromatic N) is 3. The predicted molar refractivity (Wildman–Crippen MR) is 114 cm³/mol. The van der Waals surface area contributed by atoms with Gasteiger partial charge < -0.3 is 5.11 Å². The Kier molecular flexibility index (Phi) is 5.19. The minimum Gasteiger partial charge on any atom is -0.507 e. The summed E-state index contributed by atoms with van der Waals surface area (Å²) < 4.78 is 1.36. The number of aromatic hydroxyl groups is 1. The molecule has 2 aromatic heterocycles. The van der Waals surface area contributed by atoms with Crippen LogP contribution in [0.4, 0.5) is 0 Å². The van der Waals surface area contributed by atoms with Crippen LogP contribution in [0.25, 0.3) is 10.2 Å². The van der Waals surface area contributed by atoms with E-state index in [1.807, 2.05) is 0 Å². The van der Waals surface area contributed by atoms with E-state index in [9.17, 15) is 14.7 Å². The summed E-state index contributed by atoms with van der Waals surface area (Å²) in [5.74, 6) is 0.253. The molecule has 2 heterocycles. The van der Waals surface area contributed by atoms with Crippen molar-refractivity contribution in [2.45, 2.75) is 39.2 Å². The minimum absolute atomic E-state index is 0.0703. The van der Waals surface area contributed by atoms with Crippen LogP contribution in [-0.4, -0.2) is 26.8 Å². The van der Waals surface area contributed by atoms with Gasteiger partial charge in [-0.1, -0.05) is 19.1 Å². The Balaban J connectivity index is 1.57. The molecule has 0 spiro atoms. The second-order valence-electron chi connectivity index (χ2n) is 7.46. The topological polar surface area (TPSA) is 96.6 Å². The number of carbonyl (C=O) groups is 1. The number of thiophene rings is 1. The summed E-state index contributed by atoms with van der Waals surface area (Å²) in [5.41, 5.74) is 3.83. The zero-order valence-electron chi connectivity index (χ0n) is 16.3. The highest BCUT2D eigenvalue weighted by atomic mass is 32.1. The molecule has 0 fully saturated rings.